The lowest BCUT2D eigenvalue weighted by atomic mass is 10.0. The summed E-state index contributed by atoms with van der Waals surface area (Å²) in [4.78, 5) is 4.66. The second-order valence-corrected chi connectivity index (χ2v) is 6.68. The Balaban J connectivity index is 0.00000576. The van der Waals surface area contributed by atoms with E-state index in [0.717, 1.165) is 43.6 Å². The van der Waals surface area contributed by atoms with Gasteiger partial charge in [0.05, 0.1) is 0 Å². The minimum absolute atomic E-state index is 0. The molecule has 2 N–H and O–H groups in total. The molecule has 0 bridgehead atoms. The maximum Gasteiger partial charge on any atom is 0.191 e. The number of ether oxygens (including phenoxy) is 1. The quantitative estimate of drug-likeness (QED) is 0.240. The van der Waals surface area contributed by atoms with E-state index in [9.17, 15) is 0 Å². The summed E-state index contributed by atoms with van der Waals surface area (Å²) in [5, 5.41) is 15.1. The minimum Gasteiger partial charge on any atom is -0.385 e. The number of aryl methyl sites for hydroxylation is 1. The maximum atomic E-state index is 5.10. The fraction of sp³-hybridized carbons (Fsp3) is 0.824. The average Bonchev–Trinajstić information content (AvgIpc) is 2.86. The van der Waals surface area contributed by atoms with Crippen molar-refractivity contribution < 1.29 is 4.74 Å². The standard InChI is InChI=1S/C17H34N6O.HI/c1-13(2)8-9-14(3)20-17(18-10-7-11-24-6)19-12-16-22-21-15(4)23(16)5;/h13-14H,7-12H2,1-6H3,(H2,18,19,20);1H. The van der Waals surface area contributed by atoms with E-state index in [1.165, 1.54) is 6.42 Å². The molecule has 146 valence electrons. The molecule has 8 heteroatoms. The van der Waals surface area contributed by atoms with E-state index in [1.54, 1.807) is 7.11 Å². The van der Waals surface area contributed by atoms with E-state index in [0.29, 0.717) is 18.5 Å². The van der Waals surface area contributed by atoms with Crippen LogP contribution in [0.3, 0.4) is 0 Å². The fourth-order valence-electron chi connectivity index (χ4n) is 2.20. The Morgan fingerprint density at radius 1 is 1.24 bits per heavy atom. The van der Waals surface area contributed by atoms with Gasteiger partial charge in [0, 0.05) is 33.4 Å². The number of aromatic nitrogens is 3. The van der Waals surface area contributed by atoms with Crippen LogP contribution in [0.2, 0.25) is 0 Å². The SMILES string of the molecule is COCCCNC(=NCc1nnc(C)n1C)NC(C)CCC(C)C.I. The third kappa shape index (κ3) is 9.98. The molecule has 1 aromatic rings. The van der Waals surface area contributed by atoms with E-state index in [4.69, 9.17) is 4.74 Å². The summed E-state index contributed by atoms with van der Waals surface area (Å²) in [5.41, 5.74) is 0. The first kappa shape index (κ1) is 24.1. The molecule has 1 aromatic heterocycles. The molecule has 1 unspecified atom stereocenters. The first-order chi connectivity index (χ1) is 11.4. The number of nitrogens with one attached hydrogen (secondary N) is 2. The molecule has 0 saturated carbocycles. The summed E-state index contributed by atoms with van der Waals surface area (Å²) in [6.45, 7) is 10.7. The summed E-state index contributed by atoms with van der Waals surface area (Å²) >= 11 is 0. The van der Waals surface area contributed by atoms with Gasteiger partial charge in [-0.05, 0) is 39.0 Å². The largest absolute Gasteiger partial charge is 0.385 e. The summed E-state index contributed by atoms with van der Waals surface area (Å²) in [7, 11) is 3.68. The molecule has 0 aliphatic rings. The highest BCUT2D eigenvalue weighted by atomic mass is 127. The van der Waals surface area contributed by atoms with Crippen LogP contribution in [0.1, 0.15) is 51.7 Å². The van der Waals surface area contributed by atoms with Crippen LogP contribution < -0.4 is 10.6 Å². The molecule has 1 heterocycles. The first-order valence-corrected chi connectivity index (χ1v) is 8.82. The normalized spacial score (nSPS) is 12.8. The monoisotopic (exact) mass is 466 g/mol. The highest BCUT2D eigenvalue weighted by molar-refractivity contribution is 14.0. The number of rotatable bonds is 10. The molecular weight excluding hydrogens is 431 g/mol. The number of hydrogen-bond donors (Lipinski definition) is 2. The fourth-order valence-corrected chi connectivity index (χ4v) is 2.20. The summed E-state index contributed by atoms with van der Waals surface area (Å²) < 4.78 is 7.06. The molecular formula is C17H35IN6O. The van der Waals surface area contributed by atoms with E-state index in [-0.39, 0.29) is 24.0 Å². The molecule has 0 radical (unpaired) electrons. The minimum atomic E-state index is 0. The van der Waals surface area contributed by atoms with Crippen LogP contribution in [0.4, 0.5) is 0 Å². The summed E-state index contributed by atoms with van der Waals surface area (Å²) in [6.07, 6.45) is 3.27. The van der Waals surface area contributed by atoms with Gasteiger partial charge in [0.2, 0.25) is 0 Å². The number of guanidine groups is 1. The zero-order valence-electron chi connectivity index (χ0n) is 16.5. The molecule has 0 saturated heterocycles. The molecule has 0 aromatic carbocycles. The molecule has 0 amide bonds. The molecule has 0 aliphatic carbocycles. The third-order valence-corrected chi connectivity index (χ3v) is 3.94. The molecule has 1 rings (SSSR count). The molecule has 0 aliphatic heterocycles. The van der Waals surface area contributed by atoms with Crippen molar-refractivity contribution in [1.82, 2.24) is 25.4 Å². The van der Waals surface area contributed by atoms with Crippen LogP contribution in [0.25, 0.3) is 0 Å². The molecule has 0 fully saturated rings. The van der Waals surface area contributed by atoms with Crippen LogP contribution in [-0.2, 0) is 18.3 Å². The van der Waals surface area contributed by atoms with Crippen molar-refractivity contribution in [3.05, 3.63) is 11.6 Å². The van der Waals surface area contributed by atoms with Crippen LogP contribution in [0, 0.1) is 12.8 Å². The van der Waals surface area contributed by atoms with Crippen LogP contribution in [0.15, 0.2) is 4.99 Å². The van der Waals surface area contributed by atoms with Gasteiger partial charge in [-0.15, -0.1) is 34.2 Å². The van der Waals surface area contributed by atoms with Gasteiger partial charge in [0.25, 0.3) is 0 Å². The Bertz CT molecular complexity index is 503. The van der Waals surface area contributed by atoms with E-state index in [1.807, 2.05) is 18.5 Å². The molecule has 1 atom stereocenters. The van der Waals surface area contributed by atoms with Crippen molar-refractivity contribution in [2.24, 2.45) is 18.0 Å². The van der Waals surface area contributed by atoms with Crippen molar-refractivity contribution >= 4 is 29.9 Å². The van der Waals surface area contributed by atoms with E-state index >= 15 is 0 Å². The predicted molar refractivity (Wildman–Crippen MR) is 113 cm³/mol. The number of nitrogens with zero attached hydrogens (tertiary/aromatic N) is 4. The molecule has 7 nitrogen and oxygen atoms in total. The second-order valence-electron chi connectivity index (χ2n) is 6.68. The lowest BCUT2D eigenvalue weighted by molar-refractivity contribution is 0.195. The zero-order valence-corrected chi connectivity index (χ0v) is 18.8. The van der Waals surface area contributed by atoms with Crippen molar-refractivity contribution in [2.45, 2.75) is 59.5 Å². The summed E-state index contributed by atoms with van der Waals surface area (Å²) in [6, 6.07) is 0.377. The molecule has 25 heavy (non-hydrogen) atoms. The van der Waals surface area contributed by atoms with Gasteiger partial charge in [-0.25, -0.2) is 4.99 Å². The first-order valence-electron chi connectivity index (χ1n) is 8.82. The number of halogens is 1. The van der Waals surface area contributed by atoms with Crippen molar-refractivity contribution in [1.29, 1.82) is 0 Å². The average molecular weight is 466 g/mol. The smallest absolute Gasteiger partial charge is 0.191 e. The summed E-state index contributed by atoms with van der Waals surface area (Å²) in [5.74, 6) is 3.29. The Morgan fingerprint density at radius 2 is 1.96 bits per heavy atom. The second kappa shape index (κ2) is 13.3. The van der Waals surface area contributed by atoms with Crippen LogP contribution in [0.5, 0.6) is 0 Å². The lowest BCUT2D eigenvalue weighted by Crippen LogP contribution is -2.43. The van der Waals surface area contributed by atoms with E-state index in [2.05, 4.69) is 46.6 Å². The van der Waals surface area contributed by atoms with Gasteiger partial charge in [-0.3, -0.25) is 0 Å². The van der Waals surface area contributed by atoms with Crippen LogP contribution >= 0.6 is 24.0 Å². The van der Waals surface area contributed by atoms with Gasteiger partial charge in [-0.1, -0.05) is 13.8 Å². The zero-order chi connectivity index (χ0) is 17.9. The van der Waals surface area contributed by atoms with E-state index < -0.39 is 0 Å². The Hall–Kier alpha value is -0.900. The third-order valence-electron chi connectivity index (χ3n) is 3.94. The van der Waals surface area contributed by atoms with Gasteiger partial charge >= 0.3 is 0 Å². The predicted octanol–water partition coefficient (Wildman–Crippen LogP) is 2.64. The van der Waals surface area contributed by atoms with Gasteiger partial charge in [0.15, 0.2) is 11.8 Å². The lowest BCUT2D eigenvalue weighted by Gasteiger charge is -2.19. The van der Waals surface area contributed by atoms with Gasteiger partial charge < -0.3 is 19.9 Å². The Labute approximate surface area is 169 Å². The van der Waals surface area contributed by atoms with Crippen molar-refractivity contribution in [3.63, 3.8) is 0 Å². The number of hydrogen-bond acceptors (Lipinski definition) is 4. The highest BCUT2D eigenvalue weighted by Crippen LogP contribution is 2.06. The Kier molecular flexibility index (Phi) is 12.8. The number of methoxy groups -OCH3 is 1. The van der Waals surface area contributed by atoms with Gasteiger partial charge in [-0.2, -0.15) is 0 Å². The Morgan fingerprint density at radius 3 is 2.52 bits per heavy atom. The number of aliphatic imine (C=N–C) groups is 1. The van der Waals surface area contributed by atoms with Gasteiger partial charge in [0.1, 0.15) is 12.4 Å². The molecule has 0 spiro atoms. The van der Waals surface area contributed by atoms with Crippen molar-refractivity contribution in [3.8, 4) is 0 Å². The van der Waals surface area contributed by atoms with Crippen LogP contribution in [-0.4, -0.2) is 47.0 Å². The van der Waals surface area contributed by atoms with Crippen molar-refractivity contribution in [2.75, 3.05) is 20.3 Å². The highest BCUT2D eigenvalue weighted by Gasteiger charge is 2.08. The topological polar surface area (TPSA) is 76.4 Å². The maximum absolute atomic E-state index is 5.10.